The van der Waals surface area contributed by atoms with Crippen LogP contribution in [0.4, 0.5) is 11.4 Å². The smallest absolute Gasteiger partial charge is 0.286 e. The summed E-state index contributed by atoms with van der Waals surface area (Å²) < 4.78 is 4.90. The number of amides is 1. The van der Waals surface area contributed by atoms with Gasteiger partial charge in [0.1, 0.15) is 5.69 Å². The number of halogens is 1. The Bertz CT molecular complexity index is 955. The number of hydrogen-bond acceptors (Lipinski definition) is 4. The van der Waals surface area contributed by atoms with Gasteiger partial charge < -0.3 is 15.8 Å². The number of amidine groups is 1. The standard InChI is InChI=1S/C18H15ClN4O2/c1-25-18(20)23-15-4-2-3-11-5-7-13(9-14(11)15)22-17(24)16-8-6-12(19)10-21-16/h2-10H,1H3,(H2,20,23)(H,22,24). The van der Waals surface area contributed by atoms with Crippen LogP contribution in [0.3, 0.4) is 0 Å². The average Bonchev–Trinajstić information content (AvgIpc) is 2.62. The predicted octanol–water partition coefficient (Wildman–Crippen LogP) is 3.73. The van der Waals surface area contributed by atoms with Gasteiger partial charge in [0.15, 0.2) is 0 Å². The molecule has 1 heterocycles. The van der Waals surface area contributed by atoms with Gasteiger partial charge in [-0.05, 0) is 35.7 Å². The Morgan fingerprint density at radius 3 is 2.80 bits per heavy atom. The van der Waals surface area contributed by atoms with E-state index in [1.54, 1.807) is 12.1 Å². The molecule has 7 heteroatoms. The second kappa shape index (κ2) is 7.19. The molecule has 126 valence electrons. The van der Waals surface area contributed by atoms with Crippen molar-refractivity contribution in [3.63, 3.8) is 0 Å². The van der Waals surface area contributed by atoms with Crippen LogP contribution in [0.5, 0.6) is 0 Å². The number of pyridine rings is 1. The SMILES string of the molecule is CO/C(N)=N\c1cccc2ccc(NC(=O)c3ccc(Cl)cn3)cc12. The van der Waals surface area contributed by atoms with Gasteiger partial charge in [0.05, 0.1) is 17.8 Å². The average molecular weight is 355 g/mol. The fraction of sp³-hybridized carbons (Fsp3) is 0.0556. The Hall–Kier alpha value is -3.12. The van der Waals surface area contributed by atoms with Gasteiger partial charge in [0.2, 0.25) is 0 Å². The van der Waals surface area contributed by atoms with E-state index in [1.165, 1.54) is 13.3 Å². The van der Waals surface area contributed by atoms with Crippen LogP contribution >= 0.6 is 11.6 Å². The Morgan fingerprint density at radius 1 is 1.24 bits per heavy atom. The second-order valence-electron chi connectivity index (χ2n) is 5.18. The summed E-state index contributed by atoms with van der Waals surface area (Å²) in [6, 6.07) is 14.4. The molecule has 3 N–H and O–H groups in total. The molecule has 0 spiro atoms. The van der Waals surface area contributed by atoms with Gasteiger partial charge >= 0.3 is 0 Å². The van der Waals surface area contributed by atoms with Gasteiger partial charge in [0, 0.05) is 17.3 Å². The van der Waals surface area contributed by atoms with E-state index in [-0.39, 0.29) is 17.6 Å². The predicted molar refractivity (Wildman–Crippen MR) is 99.4 cm³/mol. The molecule has 0 aliphatic rings. The lowest BCUT2D eigenvalue weighted by molar-refractivity contribution is 0.102. The fourth-order valence-corrected chi connectivity index (χ4v) is 2.41. The Balaban J connectivity index is 1.93. The van der Waals surface area contributed by atoms with Crippen molar-refractivity contribution in [1.82, 2.24) is 4.98 Å². The first-order valence-electron chi connectivity index (χ1n) is 7.40. The lowest BCUT2D eigenvalue weighted by Crippen LogP contribution is -2.13. The summed E-state index contributed by atoms with van der Waals surface area (Å²) in [7, 11) is 1.45. The maximum Gasteiger partial charge on any atom is 0.286 e. The minimum atomic E-state index is -0.326. The van der Waals surface area contributed by atoms with Crippen molar-refractivity contribution in [2.45, 2.75) is 0 Å². The number of aromatic nitrogens is 1. The van der Waals surface area contributed by atoms with Crippen molar-refractivity contribution < 1.29 is 9.53 Å². The van der Waals surface area contributed by atoms with Crippen molar-refractivity contribution in [2.75, 3.05) is 12.4 Å². The highest BCUT2D eigenvalue weighted by Crippen LogP contribution is 2.28. The zero-order valence-corrected chi connectivity index (χ0v) is 14.1. The molecule has 25 heavy (non-hydrogen) atoms. The number of fused-ring (bicyclic) bond motifs is 1. The van der Waals surface area contributed by atoms with E-state index in [0.717, 1.165) is 10.8 Å². The van der Waals surface area contributed by atoms with Crippen molar-refractivity contribution in [3.8, 4) is 0 Å². The Kier molecular flexibility index (Phi) is 4.81. The largest absolute Gasteiger partial charge is 0.469 e. The van der Waals surface area contributed by atoms with Crippen molar-refractivity contribution >= 4 is 45.7 Å². The number of benzene rings is 2. The molecule has 0 aliphatic heterocycles. The zero-order valence-electron chi connectivity index (χ0n) is 13.4. The summed E-state index contributed by atoms with van der Waals surface area (Å²) in [5.74, 6) is -0.326. The van der Waals surface area contributed by atoms with E-state index in [1.807, 2.05) is 36.4 Å². The molecule has 6 nitrogen and oxygen atoms in total. The molecule has 0 fully saturated rings. The molecule has 0 saturated heterocycles. The molecular formula is C18H15ClN4O2. The zero-order chi connectivity index (χ0) is 17.8. The number of carbonyl (C=O) groups excluding carboxylic acids is 1. The molecule has 0 saturated carbocycles. The summed E-state index contributed by atoms with van der Waals surface area (Å²) in [4.78, 5) is 20.5. The minimum Gasteiger partial charge on any atom is -0.469 e. The van der Waals surface area contributed by atoms with E-state index in [4.69, 9.17) is 22.1 Å². The van der Waals surface area contributed by atoms with Crippen LogP contribution in [0.1, 0.15) is 10.5 Å². The van der Waals surface area contributed by atoms with Crippen molar-refractivity contribution in [1.29, 1.82) is 0 Å². The first kappa shape index (κ1) is 16.7. The summed E-state index contributed by atoms with van der Waals surface area (Å²) >= 11 is 5.79. The number of methoxy groups -OCH3 is 1. The summed E-state index contributed by atoms with van der Waals surface area (Å²) in [6.07, 6.45) is 1.43. The van der Waals surface area contributed by atoms with Gasteiger partial charge in [0.25, 0.3) is 11.9 Å². The normalized spacial score (nSPS) is 11.4. The number of rotatable bonds is 3. The monoisotopic (exact) mass is 354 g/mol. The maximum atomic E-state index is 12.3. The fourth-order valence-electron chi connectivity index (χ4n) is 2.30. The molecule has 1 aromatic heterocycles. The van der Waals surface area contributed by atoms with Crippen molar-refractivity contribution in [2.24, 2.45) is 10.7 Å². The lowest BCUT2D eigenvalue weighted by atomic mass is 10.1. The third kappa shape index (κ3) is 3.87. The van der Waals surface area contributed by atoms with Gasteiger partial charge in [-0.1, -0.05) is 29.8 Å². The number of hydrogen-bond donors (Lipinski definition) is 2. The van der Waals surface area contributed by atoms with Crippen LogP contribution < -0.4 is 11.1 Å². The highest BCUT2D eigenvalue weighted by atomic mass is 35.5. The number of carbonyl (C=O) groups is 1. The molecule has 2 aromatic carbocycles. The molecule has 0 bridgehead atoms. The third-order valence-electron chi connectivity index (χ3n) is 3.52. The Morgan fingerprint density at radius 2 is 2.08 bits per heavy atom. The van der Waals surface area contributed by atoms with Crippen LogP contribution in [0.15, 0.2) is 59.7 Å². The number of nitrogens with one attached hydrogen (secondary N) is 1. The molecule has 3 rings (SSSR count). The number of ether oxygens (including phenoxy) is 1. The molecular weight excluding hydrogens is 340 g/mol. The third-order valence-corrected chi connectivity index (χ3v) is 3.74. The number of aliphatic imine (C=N–C) groups is 1. The molecule has 0 aliphatic carbocycles. The number of nitrogens with two attached hydrogens (primary N) is 1. The van der Waals surface area contributed by atoms with E-state index >= 15 is 0 Å². The first-order valence-corrected chi connectivity index (χ1v) is 7.78. The van der Waals surface area contributed by atoms with E-state index < -0.39 is 0 Å². The maximum absolute atomic E-state index is 12.3. The van der Waals surface area contributed by atoms with Gasteiger partial charge in [-0.3, -0.25) is 4.79 Å². The van der Waals surface area contributed by atoms with Crippen LogP contribution in [0, 0.1) is 0 Å². The first-order chi connectivity index (χ1) is 12.1. The van der Waals surface area contributed by atoms with Crippen LogP contribution in [-0.2, 0) is 4.74 Å². The molecule has 0 atom stereocenters. The Labute approximate surface area is 149 Å². The summed E-state index contributed by atoms with van der Waals surface area (Å²) in [6.45, 7) is 0. The second-order valence-corrected chi connectivity index (χ2v) is 5.62. The van der Waals surface area contributed by atoms with Crippen LogP contribution in [0.2, 0.25) is 5.02 Å². The number of anilines is 1. The number of nitrogens with zero attached hydrogens (tertiary/aromatic N) is 2. The quantitative estimate of drug-likeness (QED) is 0.554. The van der Waals surface area contributed by atoms with E-state index in [9.17, 15) is 4.79 Å². The van der Waals surface area contributed by atoms with Crippen LogP contribution in [-0.4, -0.2) is 24.0 Å². The van der Waals surface area contributed by atoms with E-state index in [0.29, 0.717) is 16.4 Å². The lowest BCUT2D eigenvalue weighted by Gasteiger charge is -2.08. The molecule has 0 radical (unpaired) electrons. The molecule has 1 amide bonds. The molecule has 0 unspecified atom stereocenters. The van der Waals surface area contributed by atoms with Gasteiger partial charge in [-0.15, -0.1) is 0 Å². The minimum absolute atomic E-state index is 0.0623. The highest BCUT2D eigenvalue weighted by Gasteiger charge is 2.09. The molecule has 3 aromatic rings. The van der Waals surface area contributed by atoms with Gasteiger partial charge in [-0.25, -0.2) is 4.98 Å². The summed E-state index contributed by atoms with van der Waals surface area (Å²) in [5, 5.41) is 5.08. The van der Waals surface area contributed by atoms with Crippen molar-refractivity contribution in [3.05, 3.63) is 65.4 Å². The topological polar surface area (TPSA) is 89.6 Å². The highest BCUT2D eigenvalue weighted by molar-refractivity contribution is 6.30. The van der Waals surface area contributed by atoms with Gasteiger partial charge in [-0.2, -0.15) is 4.99 Å². The summed E-state index contributed by atoms with van der Waals surface area (Å²) in [5.41, 5.74) is 7.19. The van der Waals surface area contributed by atoms with E-state index in [2.05, 4.69) is 15.3 Å². The van der Waals surface area contributed by atoms with Crippen LogP contribution in [0.25, 0.3) is 10.8 Å².